The maximum Gasteiger partial charge on any atom is 0.322 e. The minimum absolute atomic E-state index is 0.0324. The van der Waals surface area contributed by atoms with E-state index in [1.807, 2.05) is 18.2 Å². The van der Waals surface area contributed by atoms with E-state index in [1.165, 1.54) is 17.0 Å². The molecule has 0 radical (unpaired) electrons. The third-order valence-corrected chi connectivity index (χ3v) is 7.48. The Balaban J connectivity index is 1.75. The number of benzene rings is 2. The average molecular weight is 444 g/mol. The number of rotatable bonds is 6. The predicted molar refractivity (Wildman–Crippen MR) is 118 cm³/mol. The van der Waals surface area contributed by atoms with Crippen molar-refractivity contribution >= 4 is 49.3 Å². The van der Waals surface area contributed by atoms with Crippen molar-refractivity contribution in [2.24, 2.45) is 5.92 Å². The van der Waals surface area contributed by atoms with Gasteiger partial charge in [-0.25, -0.2) is 8.42 Å². The highest BCUT2D eigenvalue weighted by atomic mass is 32.2. The Morgan fingerprint density at radius 1 is 1.03 bits per heavy atom. The lowest BCUT2D eigenvalue weighted by Crippen LogP contribution is -2.44. The third kappa shape index (κ3) is 3.74. The van der Waals surface area contributed by atoms with Crippen LogP contribution in [0.1, 0.15) is 18.7 Å². The lowest BCUT2D eigenvalue weighted by atomic mass is 10.1. The minimum Gasteiger partial charge on any atom is -0.480 e. The Hall–Kier alpha value is -2.68. The predicted octanol–water partition coefficient (Wildman–Crippen LogP) is 5.01. The second-order valence-electron chi connectivity index (χ2n) is 7.56. The molecule has 2 aromatic heterocycles. The summed E-state index contributed by atoms with van der Waals surface area (Å²) >= 11 is 1.70. The highest BCUT2D eigenvalue weighted by Gasteiger charge is 2.28. The van der Waals surface area contributed by atoms with Crippen molar-refractivity contribution < 1.29 is 22.7 Å². The molecule has 0 saturated carbocycles. The van der Waals surface area contributed by atoms with Crippen LogP contribution in [-0.4, -0.2) is 25.5 Å². The molecule has 0 aliphatic heterocycles. The lowest BCUT2D eigenvalue weighted by Gasteiger charge is -2.17. The maximum absolute atomic E-state index is 12.7. The minimum atomic E-state index is -4.02. The summed E-state index contributed by atoms with van der Waals surface area (Å²) < 4.78 is 33.7. The Morgan fingerprint density at radius 2 is 1.70 bits per heavy atom. The molecule has 0 unspecified atom stereocenters. The smallest absolute Gasteiger partial charge is 0.322 e. The van der Waals surface area contributed by atoms with Crippen LogP contribution in [0.25, 0.3) is 32.4 Å². The summed E-state index contributed by atoms with van der Waals surface area (Å²) in [5.41, 5.74) is 2.14. The zero-order chi connectivity index (χ0) is 21.6. The largest absolute Gasteiger partial charge is 0.480 e. The fraction of sp³-hybridized carbons (Fsp3) is 0.227. The summed E-state index contributed by atoms with van der Waals surface area (Å²) in [5.74, 6) is -1.61. The van der Waals surface area contributed by atoms with Crippen LogP contribution in [0.2, 0.25) is 0 Å². The standard InChI is InChI=1S/C22H21NO5S2/c1-12(2)21(22(24)25)23-30(26,27)15-6-8-17-16-7-5-14(20-9-4-13(3)29-20)10-18(16)28-19(17)11-15/h4-12,21,23H,1-3H3,(H,24,25)/t21-/m0/s1. The molecule has 4 rings (SSSR count). The van der Waals surface area contributed by atoms with E-state index in [2.05, 4.69) is 23.8 Å². The number of fused-ring (bicyclic) bond motifs is 3. The number of hydrogen-bond donors (Lipinski definition) is 2. The Labute approximate surface area is 178 Å². The highest BCUT2D eigenvalue weighted by Crippen LogP contribution is 2.35. The van der Waals surface area contributed by atoms with Crippen molar-refractivity contribution in [1.29, 1.82) is 0 Å². The summed E-state index contributed by atoms with van der Waals surface area (Å²) in [6, 6.07) is 13.5. The molecule has 156 valence electrons. The highest BCUT2D eigenvalue weighted by molar-refractivity contribution is 7.89. The van der Waals surface area contributed by atoms with Crippen LogP contribution in [0, 0.1) is 12.8 Å². The van der Waals surface area contributed by atoms with Crippen LogP contribution < -0.4 is 4.72 Å². The van der Waals surface area contributed by atoms with Crippen molar-refractivity contribution in [2.45, 2.75) is 31.7 Å². The van der Waals surface area contributed by atoms with Crippen molar-refractivity contribution in [3.8, 4) is 10.4 Å². The van der Waals surface area contributed by atoms with Gasteiger partial charge in [0.15, 0.2) is 0 Å². The average Bonchev–Trinajstić information content (AvgIpc) is 3.27. The molecule has 0 aliphatic carbocycles. The molecule has 0 fully saturated rings. The zero-order valence-electron chi connectivity index (χ0n) is 16.7. The number of hydrogen-bond acceptors (Lipinski definition) is 5. The van der Waals surface area contributed by atoms with Gasteiger partial charge in [0, 0.05) is 26.6 Å². The molecule has 1 atom stereocenters. The summed E-state index contributed by atoms with van der Waals surface area (Å²) in [6.07, 6.45) is 0. The van der Waals surface area contributed by atoms with E-state index in [1.54, 1.807) is 31.3 Å². The Kier molecular flexibility index (Phi) is 5.17. The molecular formula is C22H21NO5S2. The van der Waals surface area contributed by atoms with Crippen molar-refractivity contribution in [2.75, 3.05) is 0 Å². The van der Waals surface area contributed by atoms with Crippen LogP contribution in [-0.2, 0) is 14.8 Å². The molecule has 0 aliphatic rings. The van der Waals surface area contributed by atoms with E-state index in [0.717, 1.165) is 21.2 Å². The number of furan rings is 1. The molecule has 0 bridgehead atoms. The molecule has 2 N–H and O–H groups in total. The number of aryl methyl sites for hydroxylation is 1. The van der Waals surface area contributed by atoms with E-state index < -0.39 is 28.0 Å². The first-order valence-electron chi connectivity index (χ1n) is 9.44. The fourth-order valence-electron chi connectivity index (χ4n) is 3.37. The summed E-state index contributed by atoms with van der Waals surface area (Å²) in [5, 5.41) is 11.0. The molecule has 0 spiro atoms. The van der Waals surface area contributed by atoms with Gasteiger partial charge in [-0.2, -0.15) is 4.72 Å². The summed E-state index contributed by atoms with van der Waals surface area (Å²) in [7, 11) is -4.02. The first-order valence-corrected chi connectivity index (χ1v) is 11.7. The number of thiophene rings is 1. The second kappa shape index (κ2) is 7.54. The van der Waals surface area contributed by atoms with Gasteiger partial charge in [-0.15, -0.1) is 11.3 Å². The first-order chi connectivity index (χ1) is 14.2. The number of carboxylic acid groups (broad SMARTS) is 1. The van der Waals surface area contributed by atoms with E-state index in [-0.39, 0.29) is 4.90 Å². The molecule has 2 aromatic carbocycles. The van der Waals surface area contributed by atoms with Gasteiger partial charge in [0.25, 0.3) is 0 Å². The van der Waals surface area contributed by atoms with E-state index >= 15 is 0 Å². The normalized spacial score (nSPS) is 13.3. The van der Waals surface area contributed by atoms with Crippen LogP contribution in [0.5, 0.6) is 0 Å². The quantitative estimate of drug-likeness (QED) is 0.437. The molecule has 2 heterocycles. The van der Waals surface area contributed by atoms with Crippen molar-refractivity contribution in [1.82, 2.24) is 4.72 Å². The number of sulfonamides is 1. The van der Waals surface area contributed by atoms with Crippen molar-refractivity contribution in [3.63, 3.8) is 0 Å². The van der Waals surface area contributed by atoms with Gasteiger partial charge in [0.1, 0.15) is 17.2 Å². The van der Waals surface area contributed by atoms with Gasteiger partial charge in [-0.3, -0.25) is 4.79 Å². The van der Waals surface area contributed by atoms with Crippen LogP contribution in [0.3, 0.4) is 0 Å². The zero-order valence-corrected chi connectivity index (χ0v) is 18.3. The van der Waals surface area contributed by atoms with Gasteiger partial charge < -0.3 is 9.52 Å². The van der Waals surface area contributed by atoms with E-state index in [9.17, 15) is 18.3 Å². The summed E-state index contributed by atoms with van der Waals surface area (Å²) in [6.45, 7) is 5.35. The fourth-order valence-corrected chi connectivity index (χ4v) is 5.59. The van der Waals surface area contributed by atoms with Crippen LogP contribution in [0.15, 0.2) is 57.8 Å². The van der Waals surface area contributed by atoms with E-state index in [0.29, 0.717) is 11.2 Å². The van der Waals surface area contributed by atoms with Crippen LogP contribution in [0.4, 0.5) is 0 Å². The molecular weight excluding hydrogens is 422 g/mol. The number of aliphatic carboxylic acids is 1. The first kappa shape index (κ1) is 20.6. The topological polar surface area (TPSA) is 96.6 Å². The maximum atomic E-state index is 12.7. The Bertz CT molecular complexity index is 1360. The SMILES string of the molecule is Cc1ccc(-c2ccc3c(c2)oc2cc(S(=O)(=O)N[C@H](C(=O)O)C(C)C)ccc23)s1. The van der Waals surface area contributed by atoms with Gasteiger partial charge in [-0.05, 0) is 54.8 Å². The number of carbonyl (C=O) groups is 1. The molecule has 30 heavy (non-hydrogen) atoms. The molecule has 0 amide bonds. The monoisotopic (exact) mass is 443 g/mol. The summed E-state index contributed by atoms with van der Waals surface area (Å²) in [4.78, 5) is 13.7. The number of carboxylic acids is 1. The Morgan fingerprint density at radius 3 is 2.30 bits per heavy atom. The third-order valence-electron chi connectivity index (χ3n) is 4.99. The lowest BCUT2D eigenvalue weighted by molar-refractivity contribution is -0.140. The number of nitrogens with one attached hydrogen (secondary N) is 1. The second-order valence-corrected chi connectivity index (χ2v) is 10.6. The van der Waals surface area contributed by atoms with Gasteiger partial charge >= 0.3 is 5.97 Å². The van der Waals surface area contributed by atoms with E-state index in [4.69, 9.17) is 4.42 Å². The van der Waals surface area contributed by atoms with Gasteiger partial charge in [0.05, 0.1) is 4.90 Å². The molecule has 0 saturated heterocycles. The van der Waals surface area contributed by atoms with Crippen molar-refractivity contribution in [3.05, 3.63) is 53.4 Å². The molecule has 8 heteroatoms. The molecule has 6 nitrogen and oxygen atoms in total. The van der Waals surface area contributed by atoms with Gasteiger partial charge in [-0.1, -0.05) is 19.9 Å². The molecule has 4 aromatic rings. The van der Waals surface area contributed by atoms with Crippen LogP contribution >= 0.6 is 11.3 Å². The van der Waals surface area contributed by atoms with Gasteiger partial charge in [0.2, 0.25) is 10.0 Å².